The molecule has 0 radical (unpaired) electrons. The summed E-state index contributed by atoms with van der Waals surface area (Å²) in [5, 5.41) is 4.14. The van der Waals surface area contributed by atoms with Gasteiger partial charge in [0.15, 0.2) is 0 Å². The molecule has 0 spiro atoms. The minimum absolute atomic E-state index is 0.000112. The predicted octanol–water partition coefficient (Wildman–Crippen LogP) is 1.46. The average Bonchev–Trinajstić information content (AvgIpc) is 2.84. The molecule has 0 saturated heterocycles. The Bertz CT molecular complexity index is 490. The highest BCUT2D eigenvalue weighted by molar-refractivity contribution is 6.07. The third kappa shape index (κ3) is 2.60. The van der Waals surface area contributed by atoms with E-state index in [0.717, 1.165) is 6.42 Å². The Hall–Kier alpha value is -1.94. The molecular weight excluding hydrogens is 214 g/mol. The van der Waals surface area contributed by atoms with Crippen molar-refractivity contribution in [3.8, 4) is 0 Å². The standard InChI is InChI=1S/C13H15N3O/c14-8-4-10-16-12(7-9-15-16)13(17)11-5-2-1-3-6-11/h1-3,5-7,9H,4,8,10,14H2. The molecule has 0 bridgehead atoms. The summed E-state index contributed by atoms with van der Waals surface area (Å²) in [5.74, 6) is 0.000112. The number of benzene rings is 1. The van der Waals surface area contributed by atoms with Crippen LogP contribution in [0.5, 0.6) is 0 Å². The van der Waals surface area contributed by atoms with E-state index in [-0.39, 0.29) is 5.78 Å². The van der Waals surface area contributed by atoms with Crippen molar-refractivity contribution in [3.63, 3.8) is 0 Å². The van der Waals surface area contributed by atoms with Gasteiger partial charge in [0.05, 0.1) is 0 Å². The second kappa shape index (κ2) is 5.41. The van der Waals surface area contributed by atoms with Gasteiger partial charge in [-0.05, 0) is 19.0 Å². The number of carbonyl (C=O) groups excluding carboxylic acids is 1. The largest absolute Gasteiger partial charge is 0.330 e. The van der Waals surface area contributed by atoms with E-state index in [9.17, 15) is 4.79 Å². The minimum atomic E-state index is 0.000112. The van der Waals surface area contributed by atoms with Crippen LogP contribution in [0.3, 0.4) is 0 Å². The molecule has 2 N–H and O–H groups in total. The zero-order chi connectivity index (χ0) is 12.1. The lowest BCUT2D eigenvalue weighted by Gasteiger charge is -2.05. The number of hydrogen-bond acceptors (Lipinski definition) is 3. The lowest BCUT2D eigenvalue weighted by Crippen LogP contribution is -2.14. The van der Waals surface area contributed by atoms with Gasteiger partial charge in [-0.2, -0.15) is 5.10 Å². The van der Waals surface area contributed by atoms with Crippen molar-refractivity contribution in [2.75, 3.05) is 6.54 Å². The van der Waals surface area contributed by atoms with Gasteiger partial charge in [0, 0.05) is 18.3 Å². The van der Waals surface area contributed by atoms with Gasteiger partial charge >= 0.3 is 0 Å². The second-order valence-corrected chi connectivity index (χ2v) is 3.78. The number of hydrogen-bond donors (Lipinski definition) is 1. The lowest BCUT2D eigenvalue weighted by atomic mass is 10.1. The van der Waals surface area contributed by atoms with E-state index in [0.29, 0.717) is 24.3 Å². The van der Waals surface area contributed by atoms with E-state index in [4.69, 9.17) is 5.73 Å². The fraction of sp³-hybridized carbons (Fsp3) is 0.231. The molecule has 1 heterocycles. The monoisotopic (exact) mass is 229 g/mol. The first-order valence-corrected chi connectivity index (χ1v) is 5.64. The van der Waals surface area contributed by atoms with Gasteiger partial charge in [-0.3, -0.25) is 9.48 Å². The number of aromatic nitrogens is 2. The average molecular weight is 229 g/mol. The summed E-state index contributed by atoms with van der Waals surface area (Å²) in [7, 11) is 0. The van der Waals surface area contributed by atoms with Crippen molar-refractivity contribution >= 4 is 5.78 Å². The summed E-state index contributed by atoms with van der Waals surface area (Å²) in [6, 6.07) is 11.0. The van der Waals surface area contributed by atoms with Crippen molar-refractivity contribution in [2.45, 2.75) is 13.0 Å². The highest BCUT2D eigenvalue weighted by Crippen LogP contribution is 2.09. The van der Waals surface area contributed by atoms with Crippen molar-refractivity contribution in [1.82, 2.24) is 9.78 Å². The summed E-state index contributed by atoms with van der Waals surface area (Å²) in [6.07, 6.45) is 2.46. The quantitative estimate of drug-likeness (QED) is 0.790. The first-order chi connectivity index (χ1) is 8.33. The fourth-order valence-electron chi connectivity index (χ4n) is 1.68. The fourth-order valence-corrected chi connectivity index (χ4v) is 1.68. The zero-order valence-electron chi connectivity index (χ0n) is 9.54. The molecule has 0 aliphatic heterocycles. The Morgan fingerprint density at radius 1 is 1.24 bits per heavy atom. The maximum absolute atomic E-state index is 12.2. The van der Waals surface area contributed by atoms with E-state index in [1.54, 1.807) is 16.9 Å². The van der Waals surface area contributed by atoms with Crippen LogP contribution in [0.4, 0.5) is 0 Å². The van der Waals surface area contributed by atoms with Gasteiger partial charge in [0.2, 0.25) is 5.78 Å². The van der Waals surface area contributed by atoms with Gasteiger partial charge in [-0.25, -0.2) is 0 Å². The maximum Gasteiger partial charge on any atom is 0.211 e. The summed E-state index contributed by atoms with van der Waals surface area (Å²) in [4.78, 5) is 12.2. The molecule has 0 amide bonds. The molecule has 4 nitrogen and oxygen atoms in total. The van der Waals surface area contributed by atoms with Crippen LogP contribution in [0, 0.1) is 0 Å². The van der Waals surface area contributed by atoms with Crippen molar-refractivity contribution in [1.29, 1.82) is 0 Å². The van der Waals surface area contributed by atoms with Gasteiger partial charge in [0.25, 0.3) is 0 Å². The number of nitrogens with two attached hydrogens (primary N) is 1. The number of rotatable bonds is 5. The van der Waals surface area contributed by atoms with Gasteiger partial charge in [-0.15, -0.1) is 0 Å². The minimum Gasteiger partial charge on any atom is -0.330 e. The summed E-state index contributed by atoms with van der Waals surface area (Å²) < 4.78 is 1.71. The molecule has 0 saturated carbocycles. The Labute approximate surface area is 100 Å². The van der Waals surface area contributed by atoms with Crippen LogP contribution < -0.4 is 5.73 Å². The van der Waals surface area contributed by atoms with Gasteiger partial charge < -0.3 is 5.73 Å². The third-order valence-electron chi connectivity index (χ3n) is 2.56. The molecule has 88 valence electrons. The Morgan fingerprint density at radius 2 is 2.00 bits per heavy atom. The molecule has 0 atom stereocenters. The van der Waals surface area contributed by atoms with Gasteiger partial charge in [0.1, 0.15) is 5.69 Å². The van der Waals surface area contributed by atoms with E-state index in [2.05, 4.69) is 5.10 Å². The predicted molar refractivity (Wildman–Crippen MR) is 65.8 cm³/mol. The molecule has 0 unspecified atom stereocenters. The first-order valence-electron chi connectivity index (χ1n) is 5.64. The number of ketones is 1. The Balaban J connectivity index is 2.23. The topological polar surface area (TPSA) is 60.9 Å². The van der Waals surface area contributed by atoms with E-state index in [1.165, 1.54) is 0 Å². The molecule has 1 aromatic heterocycles. The molecular formula is C13H15N3O. The van der Waals surface area contributed by atoms with E-state index < -0.39 is 0 Å². The van der Waals surface area contributed by atoms with Crippen molar-refractivity contribution < 1.29 is 4.79 Å². The van der Waals surface area contributed by atoms with Crippen LogP contribution in [0.25, 0.3) is 0 Å². The molecule has 2 rings (SSSR count). The van der Waals surface area contributed by atoms with E-state index in [1.807, 2.05) is 30.3 Å². The first kappa shape index (κ1) is 11.5. The highest BCUT2D eigenvalue weighted by Gasteiger charge is 2.13. The number of carbonyl (C=O) groups is 1. The molecule has 17 heavy (non-hydrogen) atoms. The normalized spacial score (nSPS) is 10.4. The summed E-state index contributed by atoms with van der Waals surface area (Å²) >= 11 is 0. The van der Waals surface area contributed by atoms with E-state index >= 15 is 0 Å². The molecule has 0 aliphatic carbocycles. The van der Waals surface area contributed by atoms with Gasteiger partial charge in [-0.1, -0.05) is 30.3 Å². The van der Waals surface area contributed by atoms with Crippen LogP contribution in [-0.2, 0) is 6.54 Å². The van der Waals surface area contributed by atoms with Crippen LogP contribution >= 0.6 is 0 Å². The van der Waals surface area contributed by atoms with Crippen LogP contribution in [0.15, 0.2) is 42.6 Å². The van der Waals surface area contributed by atoms with Crippen LogP contribution in [0.1, 0.15) is 22.5 Å². The zero-order valence-corrected chi connectivity index (χ0v) is 9.54. The van der Waals surface area contributed by atoms with Crippen LogP contribution in [0.2, 0.25) is 0 Å². The summed E-state index contributed by atoms with van der Waals surface area (Å²) in [6.45, 7) is 1.27. The Morgan fingerprint density at radius 3 is 2.71 bits per heavy atom. The number of nitrogens with zero attached hydrogens (tertiary/aromatic N) is 2. The Kier molecular flexibility index (Phi) is 3.67. The molecule has 4 heteroatoms. The highest BCUT2D eigenvalue weighted by atomic mass is 16.1. The van der Waals surface area contributed by atoms with Crippen LogP contribution in [-0.4, -0.2) is 22.1 Å². The maximum atomic E-state index is 12.2. The molecule has 2 aromatic rings. The SMILES string of the molecule is NCCCn1nccc1C(=O)c1ccccc1. The third-order valence-corrected chi connectivity index (χ3v) is 2.56. The summed E-state index contributed by atoms with van der Waals surface area (Å²) in [5.41, 5.74) is 6.75. The molecule has 0 aliphatic rings. The second-order valence-electron chi connectivity index (χ2n) is 3.78. The lowest BCUT2D eigenvalue weighted by molar-refractivity contribution is 0.102. The van der Waals surface area contributed by atoms with Crippen molar-refractivity contribution in [2.24, 2.45) is 5.73 Å². The van der Waals surface area contributed by atoms with Crippen molar-refractivity contribution in [3.05, 3.63) is 53.9 Å². The number of aryl methyl sites for hydroxylation is 1. The molecule has 0 fully saturated rings. The molecule has 1 aromatic carbocycles. The smallest absolute Gasteiger partial charge is 0.211 e.